The molecular formula is C30H45N3. The molecule has 3 nitrogen and oxygen atoms in total. The lowest BCUT2D eigenvalue weighted by molar-refractivity contribution is 0.188. The Labute approximate surface area is 202 Å². The summed E-state index contributed by atoms with van der Waals surface area (Å²) < 4.78 is 0. The van der Waals surface area contributed by atoms with E-state index in [2.05, 4.69) is 98.2 Å². The molecule has 0 spiro atoms. The molecule has 1 aliphatic rings. The third kappa shape index (κ3) is 8.64. The lowest BCUT2D eigenvalue weighted by Crippen LogP contribution is -2.51. The van der Waals surface area contributed by atoms with E-state index in [1.807, 2.05) is 0 Å². The zero-order valence-corrected chi connectivity index (χ0v) is 21.3. The molecule has 0 radical (unpaired) electrons. The van der Waals surface area contributed by atoms with Crippen LogP contribution in [0.2, 0.25) is 0 Å². The van der Waals surface area contributed by atoms with E-state index in [4.69, 9.17) is 5.73 Å². The zero-order valence-electron chi connectivity index (χ0n) is 21.3. The molecule has 2 unspecified atom stereocenters. The van der Waals surface area contributed by atoms with Gasteiger partial charge in [-0.2, -0.15) is 0 Å². The number of hydrogen-bond acceptors (Lipinski definition) is 3. The Morgan fingerprint density at radius 2 is 1.70 bits per heavy atom. The van der Waals surface area contributed by atoms with E-state index < -0.39 is 0 Å². The van der Waals surface area contributed by atoms with E-state index in [1.54, 1.807) is 0 Å². The Bertz CT molecular complexity index is 837. The summed E-state index contributed by atoms with van der Waals surface area (Å²) >= 11 is 0. The maximum atomic E-state index is 6.46. The Morgan fingerprint density at radius 3 is 2.33 bits per heavy atom. The number of rotatable bonds is 11. The van der Waals surface area contributed by atoms with E-state index in [1.165, 1.54) is 41.8 Å². The number of nitrogens with two attached hydrogens (primary N) is 1. The molecule has 2 atom stereocenters. The Kier molecular flexibility index (Phi) is 10.0. The number of nitrogens with zero attached hydrogens (tertiary/aromatic N) is 2. The number of aryl methyl sites for hydroxylation is 2. The SMILES string of the molecule is CC(C)=CCN(c1ccc(CCc2ccccc2)cc1)C1CCCN(CC(N)CC(C)C)C1. The van der Waals surface area contributed by atoms with Crippen molar-refractivity contribution in [3.63, 3.8) is 0 Å². The van der Waals surface area contributed by atoms with E-state index in [0.29, 0.717) is 12.0 Å². The molecule has 1 fully saturated rings. The molecule has 180 valence electrons. The summed E-state index contributed by atoms with van der Waals surface area (Å²) in [7, 11) is 0. The van der Waals surface area contributed by atoms with Gasteiger partial charge in [0, 0.05) is 37.4 Å². The van der Waals surface area contributed by atoms with Crippen molar-refractivity contribution in [2.75, 3.05) is 31.1 Å². The predicted molar refractivity (Wildman–Crippen MR) is 144 cm³/mol. The Morgan fingerprint density at radius 1 is 1.03 bits per heavy atom. The van der Waals surface area contributed by atoms with Crippen LogP contribution in [0.15, 0.2) is 66.2 Å². The van der Waals surface area contributed by atoms with Gasteiger partial charge in [-0.3, -0.25) is 4.90 Å². The molecule has 33 heavy (non-hydrogen) atoms. The van der Waals surface area contributed by atoms with Gasteiger partial charge in [0.15, 0.2) is 0 Å². The summed E-state index contributed by atoms with van der Waals surface area (Å²) in [5.74, 6) is 0.662. The highest BCUT2D eigenvalue weighted by atomic mass is 15.2. The Hall–Kier alpha value is -2.10. The quantitative estimate of drug-likeness (QED) is 0.424. The van der Waals surface area contributed by atoms with Gasteiger partial charge in [-0.15, -0.1) is 0 Å². The van der Waals surface area contributed by atoms with Crippen LogP contribution in [0, 0.1) is 5.92 Å². The number of allylic oxidation sites excluding steroid dienone is 1. The van der Waals surface area contributed by atoms with Gasteiger partial charge in [-0.25, -0.2) is 0 Å². The Balaban J connectivity index is 1.66. The van der Waals surface area contributed by atoms with Crippen molar-refractivity contribution in [1.29, 1.82) is 0 Å². The van der Waals surface area contributed by atoms with Crippen molar-refractivity contribution in [2.24, 2.45) is 11.7 Å². The summed E-state index contributed by atoms with van der Waals surface area (Å²) in [4.78, 5) is 5.22. The lowest BCUT2D eigenvalue weighted by atomic mass is 9.99. The molecule has 2 aromatic rings. The van der Waals surface area contributed by atoms with Crippen molar-refractivity contribution in [2.45, 2.75) is 71.9 Å². The molecule has 2 N–H and O–H groups in total. The molecule has 0 aromatic heterocycles. The van der Waals surface area contributed by atoms with E-state index in [9.17, 15) is 0 Å². The second-order valence-electron chi connectivity index (χ2n) is 10.5. The molecular weight excluding hydrogens is 402 g/mol. The van der Waals surface area contributed by atoms with Crippen LogP contribution in [0.4, 0.5) is 5.69 Å². The summed E-state index contributed by atoms with van der Waals surface area (Å²) in [6, 6.07) is 20.9. The smallest absolute Gasteiger partial charge is 0.0421 e. The summed E-state index contributed by atoms with van der Waals surface area (Å²) in [6.07, 6.45) is 8.15. The average molecular weight is 448 g/mol. The van der Waals surface area contributed by atoms with Crippen molar-refractivity contribution in [3.8, 4) is 0 Å². The molecule has 1 heterocycles. The van der Waals surface area contributed by atoms with Crippen molar-refractivity contribution in [3.05, 3.63) is 77.4 Å². The van der Waals surface area contributed by atoms with E-state index in [0.717, 1.165) is 38.9 Å². The molecule has 1 saturated heterocycles. The first-order valence-corrected chi connectivity index (χ1v) is 12.9. The van der Waals surface area contributed by atoms with Crippen molar-refractivity contribution in [1.82, 2.24) is 4.90 Å². The molecule has 3 rings (SSSR count). The summed E-state index contributed by atoms with van der Waals surface area (Å²) in [5, 5.41) is 0. The van der Waals surface area contributed by atoms with Crippen LogP contribution in [-0.2, 0) is 12.8 Å². The van der Waals surface area contributed by atoms with Gasteiger partial charge in [0.2, 0.25) is 0 Å². The van der Waals surface area contributed by atoms with Gasteiger partial charge in [0.1, 0.15) is 0 Å². The molecule has 0 bridgehead atoms. The van der Waals surface area contributed by atoms with Gasteiger partial charge in [0.05, 0.1) is 0 Å². The van der Waals surface area contributed by atoms with Crippen LogP contribution >= 0.6 is 0 Å². The van der Waals surface area contributed by atoms with E-state index in [-0.39, 0.29) is 6.04 Å². The van der Waals surface area contributed by atoms with Crippen LogP contribution in [0.5, 0.6) is 0 Å². The highest BCUT2D eigenvalue weighted by Gasteiger charge is 2.26. The topological polar surface area (TPSA) is 32.5 Å². The first-order valence-electron chi connectivity index (χ1n) is 12.9. The largest absolute Gasteiger partial charge is 0.364 e. The highest BCUT2D eigenvalue weighted by molar-refractivity contribution is 5.49. The summed E-state index contributed by atoms with van der Waals surface area (Å²) in [6.45, 7) is 13.2. The van der Waals surface area contributed by atoms with Crippen molar-refractivity contribution >= 4 is 5.69 Å². The second-order valence-corrected chi connectivity index (χ2v) is 10.5. The van der Waals surface area contributed by atoms with Gasteiger partial charge in [-0.1, -0.05) is 68.0 Å². The summed E-state index contributed by atoms with van der Waals surface area (Å²) in [5.41, 5.74) is 12.0. The van der Waals surface area contributed by atoms with Gasteiger partial charge >= 0.3 is 0 Å². The minimum absolute atomic E-state index is 0.277. The third-order valence-electron chi connectivity index (χ3n) is 6.70. The van der Waals surface area contributed by atoms with Crippen LogP contribution in [-0.4, -0.2) is 43.2 Å². The predicted octanol–water partition coefficient (Wildman–Crippen LogP) is 6.08. The third-order valence-corrected chi connectivity index (χ3v) is 6.70. The fraction of sp³-hybridized carbons (Fsp3) is 0.533. The minimum atomic E-state index is 0.277. The van der Waals surface area contributed by atoms with Gasteiger partial charge in [0.25, 0.3) is 0 Å². The average Bonchev–Trinajstić information content (AvgIpc) is 2.79. The number of piperidine rings is 1. The van der Waals surface area contributed by atoms with Crippen LogP contribution in [0.1, 0.15) is 58.1 Å². The minimum Gasteiger partial charge on any atom is -0.364 e. The van der Waals surface area contributed by atoms with Crippen LogP contribution in [0.3, 0.4) is 0 Å². The molecule has 0 saturated carbocycles. The van der Waals surface area contributed by atoms with Crippen molar-refractivity contribution < 1.29 is 0 Å². The van der Waals surface area contributed by atoms with Crippen LogP contribution < -0.4 is 10.6 Å². The number of benzene rings is 2. The fourth-order valence-corrected chi connectivity index (χ4v) is 5.00. The molecule has 1 aliphatic heterocycles. The van der Waals surface area contributed by atoms with E-state index >= 15 is 0 Å². The molecule has 0 aliphatic carbocycles. The van der Waals surface area contributed by atoms with Crippen LogP contribution in [0.25, 0.3) is 0 Å². The normalized spacial score (nSPS) is 17.7. The maximum absolute atomic E-state index is 6.46. The number of hydrogen-bond donors (Lipinski definition) is 1. The molecule has 2 aromatic carbocycles. The molecule has 3 heteroatoms. The fourth-order valence-electron chi connectivity index (χ4n) is 5.00. The number of likely N-dealkylation sites (tertiary alicyclic amines) is 1. The highest BCUT2D eigenvalue weighted by Crippen LogP contribution is 2.25. The lowest BCUT2D eigenvalue weighted by Gasteiger charge is -2.41. The monoisotopic (exact) mass is 447 g/mol. The standard InChI is InChI=1S/C30H45N3/c1-24(2)18-20-33(30-11-8-19-32(23-30)22-28(31)21-25(3)4)29-16-14-27(15-17-29)13-12-26-9-6-5-7-10-26/h5-7,9-10,14-18,25,28,30H,8,11-13,19-23,31H2,1-4H3. The maximum Gasteiger partial charge on any atom is 0.0421 e. The van der Waals surface area contributed by atoms with Gasteiger partial charge < -0.3 is 10.6 Å². The first kappa shape index (κ1) is 25.5. The number of anilines is 1. The zero-order chi connectivity index (χ0) is 23.6. The molecule has 0 amide bonds. The first-order chi connectivity index (χ1) is 15.9. The van der Waals surface area contributed by atoms with Gasteiger partial charge in [-0.05, 0) is 81.7 Å². The second kappa shape index (κ2) is 13.0.